The molecule has 0 aromatic carbocycles. The summed E-state index contributed by atoms with van der Waals surface area (Å²) in [6.07, 6.45) is 9.84. The van der Waals surface area contributed by atoms with Crippen molar-refractivity contribution in [2.45, 2.75) is 39.2 Å². The van der Waals surface area contributed by atoms with Crippen molar-refractivity contribution < 1.29 is 0 Å². The van der Waals surface area contributed by atoms with E-state index in [-0.39, 0.29) is 0 Å². The quantitative estimate of drug-likeness (QED) is 0.694. The maximum absolute atomic E-state index is 4.54. The molecule has 6 nitrogen and oxygen atoms in total. The van der Waals surface area contributed by atoms with Crippen LogP contribution in [-0.4, -0.2) is 33.1 Å². The largest absolute Gasteiger partial charge is 0.373 e. The molecular weight excluding hydrogens is 264 g/mol. The van der Waals surface area contributed by atoms with Gasteiger partial charge in [0.2, 0.25) is 0 Å². The molecule has 0 amide bonds. The van der Waals surface area contributed by atoms with Crippen LogP contribution in [0.5, 0.6) is 0 Å². The molecule has 2 rings (SSSR count). The summed E-state index contributed by atoms with van der Waals surface area (Å²) in [5.41, 5.74) is 0. The molecule has 0 bridgehead atoms. The van der Waals surface area contributed by atoms with Crippen LogP contribution in [0.15, 0.2) is 24.8 Å². The number of unbranched alkanes of at least 4 members (excludes halogenated alkanes) is 1. The van der Waals surface area contributed by atoms with Crippen molar-refractivity contribution in [3.05, 3.63) is 30.6 Å². The standard InChI is InChI=1S/C15H24N6/c1-3-6-13-19-14(16-2)11-15(20-13)18-7-4-5-9-21-10-8-17-12-21/h8,10-12H,3-7,9H2,1-2H3,(H2,16,18,19,20). The van der Waals surface area contributed by atoms with Crippen LogP contribution in [0.25, 0.3) is 0 Å². The van der Waals surface area contributed by atoms with Crippen LogP contribution >= 0.6 is 0 Å². The van der Waals surface area contributed by atoms with Crippen LogP contribution in [0.3, 0.4) is 0 Å². The summed E-state index contributed by atoms with van der Waals surface area (Å²) in [5.74, 6) is 2.67. The number of nitrogens with zero attached hydrogens (tertiary/aromatic N) is 4. The first-order valence-electron chi connectivity index (χ1n) is 7.57. The van der Waals surface area contributed by atoms with Crippen LogP contribution in [0.2, 0.25) is 0 Å². The van der Waals surface area contributed by atoms with Gasteiger partial charge in [-0.25, -0.2) is 15.0 Å². The van der Waals surface area contributed by atoms with Gasteiger partial charge in [0.25, 0.3) is 0 Å². The van der Waals surface area contributed by atoms with E-state index in [9.17, 15) is 0 Å². The Morgan fingerprint density at radius 1 is 1.19 bits per heavy atom. The average molecular weight is 288 g/mol. The predicted molar refractivity (Wildman–Crippen MR) is 85.5 cm³/mol. The van der Waals surface area contributed by atoms with Crippen molar-refractivity contribution in [2.24, 2.45) is 0 Å². The minimum absolute atomic E-state index is 0.870. The number of imidazole rings is 1. The van der Waals surface area contributed by atoms with Gasteiger partial charge in [-0.15, -0.1) is 0 Å². The molecule has 2 aromatic heterocycles. The Kier molecular flexibility index (Phi) is 5.99. The van der Waals surface area contributed by atoms with Crippen molar-refractivity contribution in [3.8, 4) is 0 Å². The summed E-state index contributed by atoms with van der Waals surface area (Å²) in [6, 6.07) is 1.95. The van der Waals surface area contributed by atoms with Crippen LogP contribution < -0.4 is 10.6 Å². The highest BCUT2D eigenvalue weighted by atomic mass is 15.1. The van der Waals surface area contributed by atoms with Gasteiger partial charge in [-0.05, 0) is 19.3 Å². The van der Waals surface area contributed by atoms with Gasteiger partial charge in [0.1, 0.15) is 17.5 Å². The minimum atomic E-state index is 0.870. The highest BCUT2D eigenvalue weighted by molar-refractivity contribution is 5.47. The van der Waals surface area contributed by atoms with Gasteiger partial charge in [-0.2, -0.15) is 0 Å². The Labute approximate surface area is 126 Å². The molecule has 0 unspecified atom stereocenters. The molecule has 0 saturated heterocycles. The van der Waals surface area contributed by atoms with E-state index >= 15 is 0 Å². The summed E-state index contributed by atoms with van der Waals surface area (Å²) in [7, 11) is 1.88. The first-order valence-corrected chi connectivity index (χ1v) is 7.57. The molecule has 0 fully saturated rings. The molecule has 0 radical (unpaired) electrons. The molecular formula is C15H24N6. The second-order valence-corrected chi connectivity index (χ2v) is 4.99. The SMILES string of the molecule is CCCc1nc(NC)cc(NCCCCn2ccnc2)n1. The first kappa shape index (κ1) is 15.3. The maximum Gasteiger partial charge on any atom is 0.133 e. The molecule has 0 atom stereocenters. The third kappa shape index (κ3) is 5.06. The second kappa shape index (κ2) is 8.24. The summed E-state index contributed by atoms with van der Waals surface area (Å²) in [5, 5.41) is 6.47. The lowest BCUT2D eigenvalue weighted by molar-refractivity contribution is 0.620. The fourth-order valence-electron chi connectivity index (χ4n) is 2.11. The molecule has 0 aliphatic rings. The van der Waals surface area contributed by atoms with Crippen LogP contribution in [0.1, 0.15) is 32.0 Å². The maximum atomic E-state index is 4.54. The Bertz CT molecular complexity index is 523. The topological polar surface area (TPSA) is 67.7 Å². The summed E-state index contributed by atoms with van der Waals surface area (Å²) in [4.78, 5) is 13.0. The molecule has 0 aliphatic heterocycles. The Balaban J connectivity index is 1.77. The monoisotopic (exact) mass is 288 g/mol. The van der Waals surface area contributed by atoms with Crippen LogP contribution in [0.4, 0.5) is 11.6 Å². The molecule has 2 heterocycles. The van der Waals surface area contributed by atoms with Gasteiger partial charge in [0.05, 0.1) is 6.33 Å². The van der Waals surface area contributed by atoms with E-state index in [4.69, 9.17) is 0 Å². The number of aryl methyl sites for hydroxylation is 2. The Morgan fingerprint density at radius 3 is 2.76 bits per heavy atom. The lowest BCUT2D eigenvalue weighted by atomic mass is 10.3. The Hall–Kier alpha value is -2.11. The molecule has 6 heteroatoms. The van der Waals surface area contributed by atoms with Crippen molar-refractivity contribution in [1.82, 2.24) is 19.5 Å². The van der Waals surface area contributed by atoms with E-state index in [2.05, 4.69) is 37.1 Å². The van der Waals surface area contributed by atoms with Gasteiger partial charge in [-0.1, -0.05) is 6.92 Å². The van der Waals surface area contributed by atoms with Gasteiger partial charge < -0.3 is 15.2 Å². The zero-order valence-corrected chi connectivity index (χ0v) is 12.8. The molecule has 0 saturated carbocycles. The van der Waals surface area contributed by atoms with Crippen molar-refractivity contribution in [1.29, 1.82) is 0 Å². The number of rotatable bonds is 9. The van der Waals surface area contributed by atoms with Gasteiger partial charge in [-0.3, -0.25) is 0 Å². The smallest absolute Gasteiger partial charge is 0.133 e. The van der Waals surface area contributed by atoms with E-state index in [1.807, 2.05) is 31.8 Å². The highest BCUT2D eigenvalue weighted by Gasteiger charge is 2.03. The number of anilines is 2. The van der Waals surface area contributed by atoms with E-state index in [1.54, 1.807) is 0 Å². The number of hydrogen-bond acceptors (Lipinski definition) is 5. The summed E-state index contributed by atoms with van der Waals surface area (Å²) in [6.45, 7) is 4.06. The number of hydrogen-bond donors (Lipinski definition) is 2. The molecule has 2 N–H and O–H groups in total. The van der Waals surface area contributed by atoms with E-state index in [1.165, 1.54) is 0 Å². The van der Waals surface area contributed by atoms with Gasteiger partial charge in [0, 0.05) is 45.0 Å². The zero-order chi connectivity index (χ0) is 14.9. The van der Waals surface area contributed by atoms with E-state index < -0.39 is 0 Å². The average Bonchev–Trinajstić information content (AvgIpc) is 3.00. The number of aromatic nitrogens is 4. The van der Waals surface area contributed by atoms with Crippen LogP contribution in [0, 0.1) is 0 Å². The lowest BCUT2D eigenvalue weighted by Crippen LogP contribution is -2.08. The van der Waals surface area contributed by atoms with Crippen molar-refractivity contribution >= 4 is 11.6 Å². The predicted octanol–water partition coefficient (Wildman–Crippen LogP) is 2.56. The second-order valence-electron chi connectivity index (χ2n) is 4.99. The van der Waals surface area contributed by atoms with Gasteiger partial charge in [0.15, 0.2) is 0 Å². The van der Waals surface area contributed by atoms with Crippen molar-refractivity contribution in [3.63, 3.8) is 0 Å². The Morgan fingerprint density at radius 2 is 2.05 bits per heavy atom. The molecule has 114 valence electrons. The third-order valence-electron chi connectivity index (χ3n) is 3.21. The van der Waals surface area contributed by atoms with E-state index in [0.29, 0.717) is 0 Å². The highest BCUT2D eigenvalue weighted by Crippen LogP contribution is 2.12. The first-order chi connectivity index (χ1) is 10.3. The minimum Gasteiger partial charge on any atom is -0.373 e. The number of nitrogens with one attached hydrogen (secondary N) is 2. The molecule has 0 spiro atoms. The zero-order valence-electron chi connectivity index (χ0n) is 12.8. The lowest BCUT2D eigenvalue weighted by Gasteiger charge is -2.09. The van der Waals surface area contributed by atoms with Crippen LogP contribution in [-0.2, 0) is 13.0 Å². The van der Waals surface area contributed by atoms with E-state index in [0.717, 1.165) is 56.2 Å². The normalized spacial score (nSPS) is 10.6. The summed E-state index contributed by atoms with van der Waals surface area (Å²) >= 11 is 0. The fourth-order valence-corrected chi connectivity index (χ4v) is 2.11. The summed E-state index contributed by atoms with van der Waals surface area (Å²) < 4.78 is 2.10. The van der Waals surface area contributed by atoms with Crippen molar-refractivity contribution in [2.75, 3.05) is 24.2 Å². The van der Waals surface area contributed by atoms with Gasteiger partial charge >= 0.3 is 0 Å². The fraction of sp³-hybridized carbons (Fsp3) is 0.533. The molecule has 2 aromatic rings. The molecule has 0 aliphatic carbocycles. The molecule has 21 heavy (non-hydrogen) atoms. The third-order valence-corrected chi connectivity index (χ3v) is 3.21.